The Kier molecular flexibility index (Phi) is 3.96. The summed E-state index contributed by atoms with van der Waals surface area (Å²) in [6.45, 7) is 4.97. The molecule has 0 radical (unpaired) electrons. The van der Waals surface area contributed by atoms with Crippen molar-refractivity contribution >= 4 is 5.91 Å². The third kappa shape index (κ3) is 2.87. The van der Waals surface area contributed by atoms with Gasteiger partial charge in [-0.2, -0.15) is 0 Å². The number of amides is 1. The van der Waals surface area contributed by atoms with Crippen LogP contribution in [-0.2, 0) is 11.8 Å². The van der Waals surface area contributed by atoms with E-state index in [2.05, 4.69) is 27.8 Å². The van der Waals surface area contributed by atoms with Gasteiger partial charge >= 0.3 is 0 Å². The molecule has 0 aliphatic carbocycles. The molecule has 18 heavy (non-hydrogen) atoms. The maximum Gasteiger partial charge on any atom is 0.223 e. The van der Waals surface area contributed by atoms with Crippen molar-refractivity contribution in [2.45, 2.75) is 38.8 Å². The molecule has 0 bridgehead atoms. The highest BCUT2D eigenvalue weighted by Crippen LogP contribution is 2.18. The average molecular weight is 251 g/mol. The zero-order chi connectivity index (χ0) is 13.1. The minimum atomic E-state index is -0.102. The predicted molar refractivity (Wildman–Crippen MR) is 67.7 cm³/mol. The van der Waals surface area contributed by atoms with Gasteiger partial charge in [-0.1, -0.05) is 0 Å². The first-order valence-electron chi connectivity index (χ1n) is 6.45. The molecule has 6 nitrogen and oxygen atoms in total. The molecule has 6 heteroatoms. The van der Waals surface area contributed by atoms with Gasteiger partial charge < -0.3 is 15.2 Å². The SMILES string of the molecule is CC1CC(C(=O)NC(C)c2nncn2C)CCN1. The summed E-state index contributed by atoms with van der Waals surface area (Å²) in [6, 6.07) is 0.315. The van der Waals surface area contributed by atoms with Crippen molar-refractivity contribution in [3.8, 4) is 0 Å². The van der Waals surface area contributed by atoms with Crippen molar-refractivity contribution in [3.63, 3.8) is 0 Å². The molecule has 1 aromatic heterocycles. The largest absolute Gasteiger partial charge is 0.346 e. The third-order valence-corrected chi connectivity index (χ3v) is 3.49. The van der Waals surface area contributed by atoms with Crippen LogP contribution in [0.5, 0.6) is 0 Å². The molecule has 0 aromatic carbocycles. The minimum Gasteiger partial charge on any atom is -0.346 e. The van der Waals surface area contributed by atoms with Gasteiger partial charge in [0, 0.05) is 19.0 Å². The number of aromatic nitrogens is 3. The molecule has 1 aromatic rings. The van der Waals surface area contributed by atoms with E-state index in [0.717, 1.165) is 25.2 Å². The predicted octanol–water partition coefficient (Wildman–Crippen LogP) is 0.380. The Labute approximate surface area is 107 Å². The molecule has 2 rings (SSSR count). The second-order valence-electron chi connectivity index (χ2n) is 5.11. The average Bonchev–Trinajstić information content (AvgIpc) is 2.75. The molecule has 1 aliphatic rings. The number of nitrogens with one attached hydrogen (secondary N) is 2. The lowest BCUT2D eigenvalue weighted by molar-refractivity contribution is -0.126. The second-order valence-corrected chi connectivity index (χ2v) is 5.11. The van der Waals surface area contributed by atoms with Gasteiger partial charge in [-0.15, -0.1) is 10.2 Å². The van der Waals surface area contributed by atoms with Crippen LogP contribution in [0.1, 0.15) is 38.6 Å². The highest BCUT2D eigenvalue weighted by atomic mass is 16.2. The third-order valence-electron chi connectivity index (χ3n) is 3.49. The topological polar surface area (TPSA) is 71.8 Å². The molecular formula is C12H21N5O. The summed E-state index contributed by atoms with van der Waals surface area (Å²) in [6.07, 6.45) is 3.45. The zero-order valence-electron chi connectivity index (χ0n) is 11.2. The van der Waals surface area contributed by atoms with Crippen LogP contribution in [0.25, 0.3) is 0 Å². The lowest BCUT2D eigenvalue weighted by Gasteiger charge is -2.28. The Balaban J connectivity index is 1.93. The fraction of sp³-hybridized carbons (Fsp3) is 0.750. The van der Waals surface area contributed by atoms with Crippen LogP contribution in [0.4, 0.5) is 0 Å². The Morgan fingerprint density at radius 3 is 3.06 bits per heavy atom. The maximum atomic E-state index is 12.2. The van der Waals surface area contributed by atoms with E-state index in [1.165, 1.54) is 0 Å². The van der Waals surface area contributed by atoms with Crippen LogP contribution in [0.2, 0.25) is 0 Å². The molecule has 0 spiro atoms. The van der Waals surface area contributed by atoms with Gasteiger partial charge in [-0.3, -0.25) is 4.79 Å². The number of aryl methyl sites for hydroxylation is 1. The van der Waals surface area contributed by atoms with E-state index in [-0.39, 0.29) is 17.9 Å². The summed E-state index contributed by atoms with van der Waals surface area (Å²) in [5.41, 5.74) is 0. The first-order valence-corrected chi connectivity index (χ1v) is 6.45. The van der Waals surface area contributed by atoms with E-state index < -0.39 is 0 Å². The number of piperidine rings is 1. The summed E-state index contributed by atoms with van der Waals surface area (Å²) in [7, 11) is 1.88. The summed E-state index contributed by atoms with van der Waals surface area (Å²) in [4.78, 5) is 12.2. The fourth-order valence-electron chi connectivity index (χ4n) is 2.45. The first-order chi connectivity index (χ1) is 8.58. The number of carbonyl (C=O) groups excluding carboxylic acids is 1. The highest BCUT2D eigenvalue weighted by molar-refractivity contribution is 5.79. The quantitative estimate of drug-likeness (QED) is 0.814. The van der Waals surface area contributed by atoms with Crippen molar-refractivity contribution in [2.75, 3.05) is 6.54 Å². The number of hydrogen-bond acceptors (Lipinski definition) is 4. The van der Waals surface area contributed by atoms with Gasteiger partial charge in [0.1, 0.15) is 6.33 Å². The van der Waals surface area contributed by atoms with Gasteiger partial charge in [0.15, 0.2) is 5.82 Å². The van der Waals surface area contributed by atoms with E-state index in [1.807, 2.05) is 18.5 Å². The van der Waals surface area contributed by atoms with Crippen molar-refractivity contribution < 1.29 is 4.79 Å². The Hall–Kier alpha value is -1.43. The molecule has 1 saturated heterocycles. The Morgan fingerprint density at radius 1 is 1.67 bits per heavy atom. The van der Waals surface area contributed by atoms with Crippen LogP contribution in [-0.4, -0.2) is 33.3 Å². The lowest BCUT2D eigenvalue weighted by Crippen LogP contribution is -2.43. The summed E-state index contributed by atoms with van der Waals surface area (Å²) in [5.74, 6) is 1.01. The summed E-state index contributed by atoms with van der Waals surface area (Å²) >= 11 is 0. The monoisotopic (exact) mass is 251 g/mol. The molecule has 2 heterocycles. The van der Waals surface area contributed by atoms with Crippen molar-refractivity contribution in [1.29, 1.82) is 0 Å². The molecule has 100 valence electrons. The number of rotatable bonds is 3. The molecule has 1 fully saturated rings. The second kappa shape index (κ2) is 5.48. The molecule has 1 aliphatic heterocycles. The van der Waals surface area contributed by atoms with E-state index in [0.29, 0.717) is 6.04 Å². The van der Waals surface area contributed by atoms with E-state index in [1.54, 1.807) is 6.33 Å². The first kappa shape index (κ1) is 13.0. The van der Waals surface area contributed by atoms with Crippen LogP contribution >= 0.6 is 0 Å². The van der Waals surface area contributed by atoms with E-state index in [9.17, 15) is 4.79 Å². The van der Waals surface area contributed by atoms with E-state index >= 15 is 0 Å². The molecule has 2 N–H and O–H groups in total. The number of hydrogen-bond donors (Lipinski definition) is 2. The van der Waals surface area contributed by atoms with Crippen LogP contribution in [0.15, 0.2) is 6.33 Å². The molecule has 3 atom stereocenters. The van der Waals surface area contributed by atoms with E-state index in [4.69, 9.17) is 0 Å². The van der Waals surface area contributed by atoms with Crippen molar-refractivity contribution in [2.24, 2.45) is 13.0 Å². The summed E-state index contributed by atoms with van der Waals surface area (Å²) in [5, 5.41) is 14.2. The number of carbonyl (C=O) groups is 1. The normalized spacial score (nSPS) is 25.7. The van der Waals surface area contributed by atoms with Gasteiger partial charge in [-0.25, -0.2) is 0 Å². The molecule has 0 saturated carbocycles. The van der Waals surface area contributed by atoms with Crippen molar-refractivity contribution in [1.82, 2.24) is 25.4 Å². The molecule has 3 unspecified atom stereocenters. The number of nitrogens with zero attached hydrogens (tertiary/aromatic N) is 3. The molecular weight excluding hydrogens is 230 g/mol. The van der Waals surface area contributed by atoms with Crippen molar-refractivity contribution in [3.05, 3.63) is 12.2 Å². The maximum absolute atomic E-state index is 12.2. The standard InChI is InChI=1S/C12H21N5O/c1-8-6-10(4-5-13-8)12(18)15-9(2)11-16-14-7-17(11)3/h7-10,13H,4-6H2,1-3H3,(H,15,18). The molecule has 1 amide bonds. The smallest absolute Gasteiger partial charge is 0.223 e. The van der Waals surface area contributed by atoms with Crippen LogP contribution in [0, 0.1) is 5.92 Å². The van der Waals surface area contributed by atoms with Crippen LogP contribution < -0.4 is 10.6 Å². The Bertz CT molecular complexity index is 416. The lowest BCUT2D eigenvalue weighted by atomic mass is 9.92. The van der Waals surface area contributed by atoms with Gasteiger partial charge in [0.05, 0.1) is 6.04 Å². The fourth-order valence-corrected chi connectivity index (χ4v) is 2.45. The zero-order valence-corrected chi connectivity index (χ0v) is 11.2. The Morgan fingerprint density at radius 2 is 2.44 bits per heavy atom. The van der Waals surface area contributed by atoms with Crippen LogP contribution in [0.3, 0.4) is 0 Å². The summed E-state index contributed by atoms with van der Waals surface area (Å²) < 4.78 is 1.83. The van der Waals surface area contributed by atoms with Gasteiger partial charge in [-0.05, 0) is 33.2 Å². The minimum absolute atomic E-state index is 0.102. The van der Waals surface area contributed by atoms with Gasteiger partial charge in [0.25, 0.3) is 0 Å². The van der Waals surface area contributed by atoms with Gasteiger partial charge in [0.2, 0.25) is 5.91 Å². The highest BCUT2D eigenvalue weighted by Gasteiger charge is 2.26.